The van der Waals surface area contributed by atoms with Crippen LogP contribution in [0.1, 0.15) is 34.9 Å². The Labute approximate surface area is 148 Å². The monoisotopic (exact) mass is 353 g/mol. The highest BCUT2D eigenvalue weighted by Crippen LogP contribution is 2.27. The van der Waals surface area contributed by atoms with Gasteiger partial charge in [-0.15, -0.1) is 0 Å². The standard InChI is InChI=1S/C18H16FN5O2/c19-14-5-1-3-12(9-14)18(25)24-8-2-4-13(11-24)16-22-17(26-23-16)15-10-20-6-7-21-15/h1,3,5-7,9-10,13H,2,4,8,11H2. The van der Waals surface area contributed by atoms with Crippen molar-refractivity contribution in [3.05, 3.63) is 60.1 Å². The molecule has 26 heavy (non-hydrogen) atoms. The Morgan fingerprint density at radius 1 is 1.31 bits per heavy atom. The average molecular weight is 353 g/mol. The number of likely N-dealkylation sites (tertiary alicyclic amines) is 1. The quantitative estimate of drug-likeness (QED) is 0.720. The van der Waals surface area contributed by atoms with Gasteiger partial charge in [0.25, 0.3) is 11.8 Å². The number of piperidine rings is 1. The van der Waals surface area contributed by atoms with Gasteiger partial charge in [0.05, 0.1) is 6.20 Å². The highest BCUT2D eigenvalue weighted by atomic mass is 19.1. The molecule has 1 aliphatic rings. The molecule has 3 aromatic rings. The van der Waals surface area contributed by atoms with Gasteiger partial charge in [0.2, 0.25) is 0 Å². The number of hydrogen-bond acceptors (Lipinski definition) is 6. The average Bonchev–Trinajstić information content (AvgIpc) is 3.18. The van der Waals surface area contributed by atoms with Crippen molar-refractivity contribution >= 4 is 5.91 Å². The van der Waals surface area contributed by atoms with Crippen molar-refractivity contribution in [3.63, 3.8) is 0 Å². The molecule has 4 rings (SSSR count). The van der Waals surface area contributed by atoms with Gasteiger partial charge in [-0.1, -0.05) is 11.2 Å². The lowest BCUT2D eigenvalue weighted by Gasteiger charge is -2.31. The van der Waals surface area contributed by atoms with Crippen molar-refractivity contribution in [2.45, 2.75) is 18.8 Å². The number of halogens is 1. The van der Waals surface area contributed by atoms with Gasteiger partial charge in [-0.3, -0.25) is 9.78 Å². The Balaban J connectivity index is 1.50. The van der Waals surface area contributed by atoms with E-state index in [1.807, 2.05) is 0 Å². The summed E-state index contributed by atoms with van der Waals surface area (Å²) in [6.07, 6.45) is 6.35. The fourth-order valence-corrected chi connectivity index (χ4v) is 3.09. The molecule has 0 N–H and O–H groups in total. The fraction of sp³-hybridized carbons (Fsp3) is 0.278. The van der Waals surface area contributed by atoms with Crippen LogP contribution >= 0.6 is 0 Å². The summed E-state index contributed by atoms with van der Waals surface area (Å²) in [6.45, 7) is 1.09. The maximum atomic E-state index is 13.4. The summed E-state index contributed by atoms with van der Waals surface area (Å²) in [4.78, 5) is 26.9. The van der Waals surface area contributed by atoms with Crippen LogP contribution < -0.4 is 0 Å². The van der Waals surface area contributed by atoms with Crippen LogP contribution in [0.25, 0.3) is 11.6 Å². The van der Waals surface area contributed by atoms with Gasteiger partial charge in [-0.25, -0.2) is 9.37 Å². The minimum absolute atomic E-state index is 0.0320. The molecule has 8 heteroatoms. The van der Waals surface area contributed by atoms with Crippen LogP contribution in [0.15, 0.2) is 47.4 Å². The molecule has 0 aliphatic carbocycles. The molecule has 2 aromatic heterocycles. The molecule has 1 saturated heterocycles. The molecule has 7 nitrogen and oxygen atoms in total. The third-order valence-corrected chi connectivity index (χ3v) is 4.37. The van der Waals surface area contributed by atoms with Crippen molar-refractivity contribution in [3.8, 4) is 11.6 Å². The highest BCUT2D eigenvalue weighted by Gasteiger charge is 2.29. The van der Waals surface area contributed by atoms with Crippen LogP contribution in [-0.2, 0) is 0 Å². The summed E-state index contributed by atoms with van der Waals surface area (Å²) < 4.78 is 18.7. The summed E-state index contributed by atoms with van der Waals surface area (Å²) in [6, 6.07) is 5.74. The van der Waals surface area contributed by atoms with Crippen molar-refractivity contribution in [2.75, 3.05) is 13.1 Å². The van der Waals surface area contributed by atoms with Crippen molar-refractivity contribution < 1.29 is 13.7 Å². The number of carbonyl (C=O) groups is 1. The number of aromatic nitrogens is 4. The van der Waals surface area contributed by atoms with Crippen molar-refractivity contribution in [2.24, 2.45) is 0 Å². The zero-order valence-corrected chi connectivity index (χ0v) is 13.9. The van der Waals surface area contributed by atoms with Crippen LogP contribution in [-0.4, -0.2) is 44.0 Å². The number of nitrogens with zero attached hydrogens (tertiary/aromatic N) is 5. The second-order valence-electron chi connectivity index (χ2n) is 6.15. The maximum Gasteiger partial charge on any atom is 0.278 e. The number of rotatable bonds is 3. The summed E-state index contributed by atoms with van der Waals surface area (Å²) >= 11 is 0. The third kappa shape index (κ3) is 3.30. The van der Waals surface area contributed by atoms with Gasteiger partial charge in [0.1, 0.15) is 11.5 Å². The van der Waals surface area contributed by atoms with Gasteiger partial charge in [-0.2, -0.15) is 4.98 Å². The Morgan fingerprint density at radius 3 is 3.04 bits per heavy atom. The smallest absolute Gasteiger partial charge is 0.278 e. The van der Waals surface area contributed by atoms with Gasteiger partial charge in [-0.05, 0) is 31.0 Å². The van der Waals surface area contributed by atoms with Crippen molar-refractivity contribution in [1.82, 2.24) is 25.0 Å². The minimum Gasteiger partial charge on any atom is -0.338 e. The van der Waals surface area contributed by atoms with E-state index in [2.05, 4.69) is 20.1 Å². The number of amides is 1. The van der Waals surface area contributed by atoms with Crippen LogP contribution in [0.3, 0.4) is 0 Å². The predicted molar refractivity (Wildman–Crippen MR) is 89.6 cm³/mol. The lowest BCUT2D eigenvalue weighted by molar-refractivity contribution is 0.0703. The van der Waals surface area contributed by atoms with Gasteiger partial charge >= 0.3 is 0 Å². The molecule has 1 aliphatic heterocycles. The molecule has 1 fully saturated rings. The molecule has 1 unspecified atom stereocenters. The summed E-state index contributed by atoms with van der Waals surface area (Å²) in [7, 11) is 0. The molecule has 0 spiro atoms. The van der Waals surface area contributed by atoms with Crippen LogP contribution in [0.5, 0.6) is 0 Å². The third-order valence-electron chi connectivity index (χ3n) is 4.37. The highest BCUT2D eigenvalue weighted by molar-refractivity contribution is 5.94. The first kappa shape index (κ1) is 16.3. The van der Waals surface area contributed by atoms with Gasteiger partial charge in [0, 0.05) is 37.0 Å². The van der Waals surface area contributed by atoms with E-state index >= 15 is 0 Å². The van der Waals surface area contributed by atoms with E-state index in [0.717, 1.165) is 12.8 Å². The lowest BCUT2D eigenvalue weighted by Crippen LogP contribution is -2.39. The molecule has 3 heterocycles. The molecule has 1 aromatic carbocycles. The second-order valence-corrected chi connectivity index (χ2v) is 6.15. The Bertz CT molecular complexity index is 915. The summed E-state index contributed by atoms with van der Waals surface area (Å²) in [5.74, 6) is 0.211. The van der Waals surface area contributed by atoms with E-state index in [1.54, 1.807) is 29.6 Å². The molecule has 0 saturated carbocycles. The van der Waals surface area contributed by atoms with E-state index in [0.29, 0.717) is 36.1 Å². The van der Waals surface area contributed by atoms with E-state index in [-0.39, 0.29) is 11.8 Å². The predicted octanol–water partition coefficient (Wildman–Crippen LogP) is 2.69. The maximum absolute atomic E-state index is 13.4. The number of hydrogen-bond donors (Lipinski definition) is 0. The first-order chi connectivity index (χ1) is 12.7. The lowest BCUT2D eigenvalue weighted by atomic mass is 9.96. The zero-order valence-electron chi connectivity index (χ0n) is 13.9. The molecule has 1 amide bonds. The van der Waals surface area contributed by atoms with Crippen LogP contribution in [0, 0.1) is 5.82 Å². The zero-order chi connectivity index (χ0) is 17.9. The largest absolute Gasteiger partial charge is 0.338 e. The molecular formula is C18H16FN5O2. The Kier molecular flexibility index (Phi) is 4.39. The van der Waals surface area contributed by atoms with E-state index in [4.69, 9.17) is 4.52 Å². The molecule has 1 atom stereocenters. The first-order valence-electron chi connectivity index (χ1n) is 8.35. The summed E-state index contributed by atoms with van der Waals surface area (Å²) in [5, 5.41) is 4.05. The SMILES string of the molecule is O=C(c1cccc(F)c1)N1CCCC(c2noc(-c3cnccn3)n2)C1. The van der Waals surface area contributed by atoms with Gasteiger partial charge < -0.3 is 9.42 Å². The fourth-order valence-electron chi connectivity index (χ4n) is 3.09. The Morgan fingerprint density at radius 2 is 2.23 bits per heavy atom. The normalized spacial score (nSPS) is 17.3. The Hall–Kier alpha value is -3.16. The van der Waals surface area contributed by atoms with Crippen LogP contribution in [0.2, 0.25) is 0 Å². The first-order valence-corrected chi connectivity index (χ1v) is 8.35. The molecular weight excluding hydrogens is 337 g/mol. The second kappa shape index (κ2) is 6.99. The van der Waals surface area contributed by atoms with E-state index in [9.17, 15) is 9.18 Å². The molecule has 0 bridgehead atoms. The topological polar surface area (TPSA) is 85.0 Å². The number of carbonyl (C=O) groups excluding carboxylic acids is 1. The van der Waals surface area contributed by atoms with E-state index < -0.39 is 5.82 Å². The van der Waals surface area contributed by atoms with E-state index in [1.165, 1.54) is 18.2 Å². The molecule has 0 radical (unpaired) electrons. The molecule has 132 valence electrons. The van der Waals surface area contributed by atoms with Crippen molar-refractivity contribution in [1.29, 1.82) is 0 Å². The summed E-state index contributed by atoms with van der Waals surface area (Å²) in [5.41, 5.74) is 0.855. The number of benzene rings is 1. The minimum atomic E-state index is -0.420. The van der Waals surface area contributed by atoms with Crippen LogP contribution in [0.4, 0.5) is 4.39 Å². The van der Waals surface area contributed by atoms with Gasteiger partial charge in [0.15, 0.2) is 5.82 Å².